The van der Waals surface area contributed by atoms with Gasteiger partial charge in [0.25, 0.3) is 5.69 Å². The largest absolute Gasteiger partial charge is 0.468 e. The van der Waals surface area contributed by atoms with Crippen LogP contribution in [0.1, 0.15) is 11.7 Å². The molecule has 118 valence electrons. The van der Waals surface area contributed by atoms with Gasteiger partial charge in [-0.15, -0.1) is 0 Å². The summed E-state index contributed by atoms with van der Waals surface area (Å²) < 4.78 is 10.5. The minimum Gasteiger partial charge on any atom is -0.468 e. The minimum absolute atomic E-state index is 0.0104. The second kappa shape index (κ2) is 6.41. The molecule has 0 aliphatic heterocycles. The van der Waals surface area contributed by atoms with Gasteiger partial charge in [0.05, 0.1) is 24.3 Å². The Bertz CT molecular complexity index is 797. The van der Waals surface area contributed by atoms with Crippen LogP contribution in [-0.2, 0) is 13.1 Å². The maximum absolute atomic E-state index is 10.8. The fourth-order valence-electron chi connectivity index (χ4n) is 2.15. The molecule has 2 aromatic heterocycles. The molecule has 0 atom stereocenters. The van der Waals surface area contributed by atoms with Gasteiger partial charge >= 0.3 is 0 Å². The Kier molecular flexibility index (Phi) is 4.15. The summed E-state index contributed by atoms with van der Waals surface area (Å²) in [6.07, 6.45) is 1.62. The van der Waals surface area contributed by atoms with Crippen molar-refractivity contribution >= 4 is 5.69 Å². The lowest BCUT2D eigenvalue weighted by Gasteiger charge is -2.11. The number of benzene rings is 1. The normalized spacial score (nSPS) is 11.0. The third-order valence-corrected chi connectivity index (χ3v) is 3.19. The van der Waals surface area contributed by atoms with Crippen LogP contribution in [0.2, 0.25) is 0 Å². The van der Waals surface area contributed by atoms with Crippen molar-refractivity contribution < 1.29 is 13.9 Å². The van der Waals surface area contributed by atoms with Crippen molar-refractivity contribution in [1.29, 1.82) is 0 Å². The molecule has 2 heterocycles. The van der Waals surface area contributed by atoms with Crippen LogP contribution in [0.4, 0.5) is 5.69 Å². The van der Waals surface area contributed by atoms with E-state index in [4.69, 9.17) is 8.94 Å². The van der Waals surface area contributed by atoms with Gasteiger partial charge in [0.15, 0.2) is 0 Å². The van der Waals surface area contributed by atoms with Crippen molar-refractivity contribution in [3.63, 3.8) is 0 Å². The van der Waals surface area contributed by atoms with Gasteiger partial charge in [0.1, 0.15) is 5.76 Å². The van der Waals surface area contributed by atoms with Gasteiger partial charge in [0.2, 0.25) is 11.7 Å². The molecule has 0 aliphatic rings. The van der Waals surface area contributed by atoms with Crippen LogP contribution >= 0.6 is 0 Å². The molecule has 0 fully saturated rings. The Balaban J connectivity index is 1.70. The maximum Gasteiger partial charge on any atom is 0.270 e. The van der Waals surface area contributed by atoms with Crippen molar-refractivity contribution in [3.05, 3.63) is 64.4 Å². The fraction of sp³-hybridized carbons (Fsp3) is 0.200. The summed E-state index contributed by atoms with van der Waals surface area (Å²) in [6, 6.07) is 9.85. The number of nitro benzene ring substituents is 1. The smallest absolute Gasteiger partial charge is 0.270 e. The van der Waals surface area contributed by atoms with Crippen LogP contribution in [0, 0.1) is 10.1 Å². The third-order valence-electron chi connectivity index (χ3n) is 3.19. The predicted molar refractivity (Wildman–Crippen MR) is 80.3 cm³/mol. The highest BCUT2D eigenvalue weighted by molar-refractivity contribution is 5.58. The lowest BCUT2D eigenvalue weighted by molar-refractivity contribution is -0.384. The standard InChI is InChI=1S/C15H14N4O4/c1-18(9-13-6-3-7-22-13)10-14-16-15(17-23-14)11-4-2-5-12(8-11)19(20)21/h2-8H,9-10H2,1H3. The van der Waals surface area contributed by atoms with Gasteiger partial charge in [-0.05, 0) is 19.2 Å². The molecule has 0 spiro atoms. The van der Waals surface area contributed by atoms with E-state index in [2.05, 4.69) is 10.1 Å². The number of rotatable bonds is 6. The summed E-state index contributed by atoms with van der Waals surface area (Å²) >= 11 is 0. The summed E-state index contributed by atoms with van der Waals surface area (Å²) in [4.78, 5) is 16.6. The molecular formula is C15H14N4O4. The summed E-state index contributed by atoms with van der Waals surface area (Å²) in [6.45, 7) is 1.06. The Morgan fingerprint density at radius 3 is 2.87 bits per heavy atom. The van der Waals surface area contributed by atoms with Crippen LogP contribution in [0.15, 0.2) is 51.6 Å². The summed E-state index contributed by atoms with van der Waals surface area (Å²) in [7, 11) is 1.90. The molecule has 0 radical (unpaired) electrons. The minimum atomic E-state index is -0.457. The average Bonchev–Trinajstić information content (AvgIpc) is 3.19. The number of hydrogen-bond donors (Lipinski definition) is 0. The summed E-state index contributed by atoms with van der Waals surface area (Å²) in [5, 5.41) is 14.7. The number of nitrogens with zero attached hydrogens (tertiary/aromatic N) is 4. The van der Waals surface area contributed by atoms with Gasteiger partial charge in [-0.2, -0.15) is 4.98 Å². The summed E-state index contributed by atoms with van der Waals surface area (Å²) in [5.74, 6) is 1.60. The van der Waals surface area contributed by atoms with E-state index in [1.54, 1.807) is 18.4 Å². The van der Waals surface area contributed by atoms with Crippen LogP contribution in [0.3, 0.4) is 0 Å². The van der Waals surface area contributed by atoms with Gasteiger partial charge < -0.3 is 8.94 Å². The highest BCUT2D eigenvalue weighted by Crippen LogP contribution is 2.21. The maximum atomic E-state index is 10.8. The lowest BCUT2D eigenvalue weighted by atomic mass is 10.2. The van der Waals surface area contributed by atoms with E-state index in [-0.39, 0.29) is 5.69 Å². The Morgan fingerprint density at radius 2 is 2.13 bits per heavy atom. The van der Waals surface area contributed by atoms with E-state index in [0.717, 1.165) is 5.76 Å². The van der Waals surface area contributed by atoms with Gasteiger partial charge in [-0.3, -0.25) is 15.0 Å². The number of hydrogen-bond acceptors (Lipinski definition) is 7. The van der Waals surface area contributed by atoms with Gasteiger partial charge in [-0.25, -0.2) is 0 Å². The predicted octanol–water partition coefficient (Wildman–Crippen LogP) is 2.87. The van der Waals surface area contributed by atoms with Crippen LogP contribution in [0.5, 0.6) is 0 Å². The van der Waals surface area contributed by atoms with E-state index in [1.807, 2.05) is 24.1 Å². The molecule has 0 bridgehead atoms. The van der Waals surface area contributed by atoms with Crippen LogP contribution < -0.4 is 0 Å². The first kappa shape index (κ1) is 14.9. The van der Waals surface area contributed by atoms with Gasteiger partial charge in [0, 0.05) is 17.7 Å². The van der Waals surface area contributed by atoms with E-state index in [1.165, 1.54) is 12.1 Å². The summed E-state index contributed by atoms with van der Waals surface area (Å²) in [5.41, 5.74) is 0.534. The van der Waals surface area contributed by atoms with Crippen LogP contribution in [-0.4, -0.2) is 27.0 Å². The monoisotopic (exact) mass is 314 g/mol. The Morgan fingerprint density at radius 1 is 1.26 bits per heavy atom. The van der Waals surface area contributed by atoms with Crippen molar-refractivity contribution in [2.24, 2.45) is 0 Å². The molecule has 0 unspecified atom stereocenters. The molecule has 3 rings (SSSR count). The first-order valence-electron chi connectivity index (χ1n) is 6.90. The second-order valence-electron chi connectivity index (χ2n) is 5.07. The van der Waals surface area contributed by atoms with Gasteiger partial charge in [-0.1, -0.05) is 17.3 Å². The Hall–Kier alpha value is -3.00. The fourth-order valence-corrected chi connectivity index (χ4v) is 2.15. The van der Waals surface area contributed by atoms with Crippen molar-refractivity contribution in [2.75, 3.05) is 7.05 Å². The Labute approximate surface area is 131 Å². The number of aromatic nitrogens is 2. The van der Waals surface area contributed by atoms with E-state index in [0.29, 0.717) is 30.4 Å². The first-order valence-corrected chi connectivity index (χ1v) is 6.90. The topological polar surface area (TPSA) is 98.4 Å². The van der Waals surface area contributed by atoms with Crippen molar-refractivity contribution in [2.45, 2.75) is 13.1 Å². The number of furan rings is 1. The highest BCUT2D eigenvalue weighted by atomic mass is 16.6. The highest BCUT2D eigenvalue weighted by Gasteiger charge is 2.14. The molecular weight excluding hydrogens is 300 g/mol. The van der Waals surface area contributed by atoms with E-state index < -0.39 is 4.92 Å². The molecule has 23 heavy (non-hydrogen) atoms. The lowest BCUT2D eigenvalue weighted by Crippen LogP contribution is -2.17. The molecule has 8 nitrogen and oxygen atoms in total. The van der Waals surface area contributed by atoms with Crippen molar-refractivity contribution in [3.8, 4) is 11.4 Å². The third kappa shape index (κ3) is 3.61. The molecule has 0 N–H and O–H groups in total. The molecule has 1 aromatic carbocycles. The SMILES string of the molecule is CN(Cc1ccco1)Cc1nc(-c2cccc([N+](=O)[O-])c2)no1. The van der Waals surface area contributed by atoms with Crippen molar-refractivity contribution in [1.82, 2.24) is 15.0 Å². The molecule has 8 heteroatoms. The number of nitro groups is 1. The zero-order chi connectivity index (χ0) is 16.2. The number of non-ortho nitro benzene ring substituents is 1. The molecule has 0 saturated carbocycles. The zero-order valence-corrected chi connectivity index (χ0v) is 12.4. The zero-order valence-electron chi connectivity index (χ0n) is 12.4. The molecule has 0 amide bonds. The van der Waals surface area contributed by atoms with E-state index in [9.17, 15) is 10.1 Å². The van der Waals surface area contributed by atoms with Crippen LogP contribution in [0.25, 0.3) is 11.4 Å². The molecule has 3 aromatic rings. The first-order chi connectivity index (χ1) is 11.1. The average molecular weight is 314 g/mol. The molecule has 0 saturated heterocycles. The molecule has 0 aliphatic carbocycles. The second-order valence-corrected chi connectivity index (χ2v) is 5.07. The quantitative estimate of drug-likeness (QED) is 0.509. The van der Waals surface area contributed by atoms with E-state index >= 15 is 0 Å².